The minimum atomic E-state index is -0.441. The molecule has 0 atom stereocenters. The molecule has 0 aliphatic rings. The van der Waals surface area contributed by atoms with E-state index in [2.05, 4.69) is 41.5 Å². The van der Waals surface area contributed by atoms with Gasteiger partial charge in [-0.25, -0.2) is 4.63 Å². The minimum Gasteiger partial charge on any atom is -0.493 e. The Hall–Kier alpha value is -2.82. The van der Waals surface area contributed by atoms with Crippen LogP contribution in [0, 0.1) is 0 Å². The van der Waals surface area contributed by atoms with E-state index in [9.17, 15) is 4.79 Å². The van der Waals surface area contributed by atoms with Gasteiger partial charge in [-0.1, -0.05) is 45.7 Å². The molecule has 0 aliphatic carbocycles. The van der Waals surface area contributed by atoms with Gasteiger partial charge in [0, 0.05) is 34.7 Å². The Kier molecular flexibility index (Phi) is 8.10. The van der Waals surface area contributed by atoms with Crippen LogP contribution in [0.3, 0.4) is 0 Å². The summed E-state index contributed by atoms with van der Waals surface area (Å²) < 4.78 is 16.7. The van der Waals surface area contributed by atoms with Gasteiger partial charge in [-0.15, -0.1) is 0 Å². The maximum Gasteiger partial charge on any atom is 0.277 e. The predicted molar refractivity (Wildman–Crippen MR) is 119 cm³/mol. The first-order valence-electron chi connectivity index (χ1n) is 9.29. The molecule has 11 heteroatoms. The standard InChI is InChI=1S/C20H21BrClN5O4/c1-29-16-8-13(10-24-6-7-25-20(28)18-19(23)27-31-26-18)14(21)9-17(16)30-11-12-4-2-3-5-15(12)22/h2-5,8-9,24H,6-7,10-11H2,1H3,(H2,23,27)(H,25,28). The van der Waals surface area contributed by atoms with Crippen LogP contribution >= 0.6 is 27.5 Å². The predicted octanol–water partition coefficient (Wildman–Crippen LogP) is 3.17. The molecule has 0 radical (unpaired) electrons. The average Bonchev–Trinajstić information content (AvgIpc) is 3.19. The van der Waals surface area contributed by atoms with Crippen LogP contribution in [0.4, 0.5) is 5.82 Å². The Bertz CT molecular complexity index is 1050. The molecule has 1 heterocycles. The molecule has 0 saturated heterocycles. The number of nitrogen functional groups attached to an aromatic ring is 1. The number of benzene rings is 2. The molecule has 0 saturated carbocycles. The summed E-state index contributed by atoms with van der Waals surface area (Å²) in [4.78, 5) is 11.9. The van der Waals surface area contributed by atoms with Gasteiger partial charge in [0.25, 0.3) is 5.91 Å². The molecule has 164 valence electrons. The SMILES string of the molecule is COc1cc(CNCCNC(=O)c2nonc2N)c(Br)cc1OCc1ccccc1Cl. The Balaban J connectivity index is 1.51. The summed E-state index contributed by atoms with van der Waals surface area (Å²) in [5.41, 5.74) is 7.32. The van der Waals surface area contributed by atoms with Gasteiger partial charge in [-0.3, -0.25) is 4.79 Å². The molecule has 4 N–H and O–H groups in total. The van der Waals surface area contributed by atoms with Gasteiger partial charge in [0.1, 0.15) is 6.61 Å². The van der Waals surface area contributed by atoms with Crippen LogP contribution in [0.2, 0.25) is 5.02 Å². The maximum absolute atomic E-state index is 11.9. The highest BCUT2D eigenvalue weighted by atomic mass is 79.9. The molecule has 0 spiro atoms. The van der Waals surface area contributed by atoms with E-state index in [1.807, 2.05) is 36.4 Å². The number of nitrogens with two attached hydrogens (primary N) is 1. The molecule has 9 nitrogen and oxygen atoms in total. The smallest absolute Gasteiger partial charge is 0.277 e. The number of halogens is 2. The van der Waals surface area contributed by atoms with E-state index in [1.165, 1.54) is 0 Å². The van der Waals surface area contributed by atoms with Crippen molar-refractivity contribution in [3.8, 4) is 11.5 Å². The van der Waals surface area contributed by atoms with E-state index in [0.717, 1.165) is 15.6 Å². The zero-order chi connectivity index (χ0) is 22.2. The Morgan fingerprint density at radius 3 is 2.71 bits per heavy atom. The van der Waals surface area contributed by atoms with Gasteiger partial charge in [0.15, 0.2) is 11.5 Å². The molecule has 1 aromatic heterocycles. The molecule has 2 aromatic carbocycles. The van der Waals surface area contributed by atoms with Crippen molar-refractivity contribution < 1.29 is 18.9 Å². The molecule has 0 aliphatic heterocycles. The fourth-order valence-electron chi connectivity index (χ4n) is 2.68. The fraction of sp³-hybridized carbons (Fsp3) is 0.250. The van der Waals surface area contributed by atoms with Crippen LogP contribution in [-0.2, 0) is 13.2 Å². The number of hydrogen-bond donors (Lipinski definition) is 3. The van der Waals surface area contributed by atoms with Crippen molar-refractivity contribution in [3.05, 3.63) is 62.7 Å². The lowest BCUT2D eigenvalue weighted by Crippen LogP contribution is -2.32. The largest absolute Gasteiger partial charge is 0.493 e. The van der Waals surface area contributed by atoms with Gasteiger partial charge < -0.3 is 25.8 Å². The van der Waals surface area contributed by atoms with Crippen molar-refractivity contribution in [2.24, 2.45) is 0 Å². The second-order valence-corrected chi connectivity index (χ2v) is 7.67. The summed E-state index contributed by atoms with van der Waals surface area (Å²) in [6, 6.07) is 11.3. The van der Waals surface area contributed by atoms with Crippen molar-refractivity contribution in [3.63, 3.8) is 0 Å². The number of hydrogen-bond acceptors (Lipinski definition) is 8. The zero-order valence-corrected chi connectivity index (χ0v) is 19.0. The van der Waals surface area contributed by atoms with Gasteiger partial charge in [-0.05, 0) is 34.1 Å². The van der Waals surface area contributed by atoms with Gasteiger partial charge in [0.2, 0.25) is 11.5 Å². The third kappa shape index (κ3) is 6.09. The molecule has 0 unspecified atom stereocenters. The highest BCUT2D eigenvalue weighted by Gasteiger charge is 2.15. The van der Waals surface area contributed by atoms with Gasteiger partial charge in [-0.2, -0.15) is 0 Å². The Morgan fingerprint density at radius 2 is 2.00 bits per heavy atom. The Morgan fingerprint density at radius 1 is 1.19 bits per heavy atom. The van der Waals surface area contributed by atoms with E-state index in [0.29, 0.717) is 42.8 Å². The van der Waals surface area contributed by atoms with E-state index in [1.54, 1.807) is 7.11 Å². The van der Waals surface area contributed by atoms with Crippen LogP contribution in [0.15, 0.2) is 45.5 Å². The quantitative estimate of drug-likeness (QED) is 0.355. The number of anilines is 1. The summed E-state index contributed by atoms with van der Waals surface area (Å²) >= 11 is 9.75. The first-order chi connectivity index (χ1) is 15.0. The molecule has 0 bridgehead atoms. The molecule has 0 fully saturated rings. The van der Waals surface area contributed by atoms with Crippen molar-refractivity contribution in [1.29, 1.82) is 0 Å². The fourth-order valence-corrected chi connectivity index (χ4v) is 3.33. The maximum atomic E-state index is 11.9. The average molecular weight is 511 g/mol. The molecule has 3 aromatic rings. The van der Waals surface area contributed by atoms with Gasteiger partial charge in [0.05, 0.1) is 7.11 Å². The van der Waals surface area contributed by atoms with Crippen LogP contribution in [-0.4, -0.2) is 36.4 Å². The topological polar surface area (TPSA) is 125 Å². The lowest BCUT2D eigenvalue weighted by Gasteiger charge is -2.15. The lowest BCUT2D eigenvalue weighted by atomic mass is 10.2. The molecule has 31 heavy (non-hydrogen) atoms. The zero-order valence-electron chi connectivity index (χ0n) is 16.7. The van der Waals surface area contributed by atoms with Crippen LogP contribution in [0.25, 0.3) is 0 Å². The number of nitrogens with zero attached hydrogens (tertiary/aromatic N) is 2. The van der Waals surface area contributed by atoms with E-state index in [4.69, 9.17) is 26.8 Å². The van der Waals surface area contributed by atoms with E-state index in [-0.39, 0.29) is 11.5 Å². The number of rotatable bonds is 10. The summed E-state index contributed by atoms with van der Waals surface area (Å²) in [5, 5.41) is 13.4. The number of ether oxygens (including phenoxy) is 2. The monoisotopic (exact) mass is 509 g/mol. The first kappa shape index (κ1) is 22.9. The van der Waals surface area contributed by atoms with Crippen LogP contribution in [0.5, 0.6) is 11.5 Å². The first-order valence-corrected chi connectivity index (χ1v) is 10.5. The lowest BCUT2D eigenvalue weighted by molar-refractivity contribution is 0.0944. The molecular weight excluding hydrogens is 490 g/mol. The second-order valence-electron chi connectivity index (χ2n) is 6.41. The summed E-state index contributed by atoms with van der Waals surface area (Å²) in [5.74, 6) is 0.722. The molecule has 3 rings (SSSR count). The number of carbonyl (C=O) groups is 1. The normalized spacial score (nSPS) is 10.7. The number of amides is 1. The highest BCUT2D eigenvalue weighted by Crippen LogP contribution is 2.34. The van der Waals surface area contributed by atoms with Crippen molar-refractivity contribution >= 4 is 39.3 Å². The number of methoxy groups -OCH3 is 1. The highest BCUT2D eigenvalue weighted by molar-refractivity contribution is 9.10. The summed E-state index contributed by atoms with van der Waals surface area (Å²) in [6.45, 7) is 1.77. The van der Waals surface area contributed by atoms with Crippen LogP contribution in [0.1, 0.15) is 21.6 Å². The molecular formula is C20H21BrClN5O4. The summed E-state index contributed by atoms with van der Waals surface area (Å²) in [6.07, 6.45) is 0. The van der Waals surface area contributed by atoms with Crippen molar-refractivity contribution in [1.82, 2.24) is 20.9 Å². The number of aromatic nitrogens is 2. The van der Waals surface area contributed by atoms with Crippen LogP contribution < -0.4 is 25.8 Å². The number of nitrogens with one attached hydrogen (secondary N) is 2. The summed E-state index contributed by atoms with van der Waals surface area (Å²) in [7, 11) is 1.59. The van der Waals surface area contributed by atoms with E-state index >= 15 is 0 Å². The van der Waals surface area contributed by atoms with Crippen molar-refractivity contribution in [2.45, 2.75) is 13.2 Å². The minimum absolute atomic E-state index is 0.0279. The Labute approximate surface area is 192 Å². The molecule has 1 amide bonds. The number of carbonyl (C=O) groups excluding carboxylic acids is 1. The second kappa shape index (κ2) is 11.0. The van der Waals surface area contributed by atoms with E-state index < -0.39 is 5.91 Å². The van der Waals surface area contributed by atoms with Gasteiger partial charge >= 0.3 is 0 Å². The third-order valence-corrected chi connectivity index (χ3v) is 5.41. The van der Waals surface area contributed by atoms with Crippen molar-refractivity contribution in [2.75, 3.05) is 25.9 Å². The third-order valence-electron chi connectivity index (χ3n) is 4.31.